The van der Waals surface area contributed by atoms with E-state index in [-0.39, 0.29) is 5.56 Å². The van der Waals surface area contributed by atoms with Crippen molar-refractivity contribution in [3.63, 3.8) is 0 Å². The summed E-state index contributed by atoms with van der Waals surface area (Å²) in [6, 6.07) is 2.66. The lowest BCUT2D eigenvalue weighted by molar-refractivity contribution is 0.0696. The summed E-state index contributed by atoms with van der Waals surface area (Å²) in [7, 11) is -3.96. The molecular formula is C11H8FNO4S2. The van der Waals surface area contributed by atoms with Crippen LogP contribution in [0.4, 0.5) is 4.39 Å². The summed E-state index contributed by atoms with van der Waals surface area (Å²) in [4.78, 5) is 14.0. The fourth-order valence-corrected chi connectivity index (χ4v) is 3.49. The maximum absolute atomic E-state index is 13.6. The second-order valence-electron chi connectivity index (χ2n) is 3.69. The van der Waals surface area contributed by atoms with E-state index in [0.29, 0.717) is 5.69 Å². The number of thiazole rings is 1. The fraction of sp³-hybridized carbons (Fsp3) is 0.0909. The van der Waals surface area contributed by atoms with Crippen LogP contribution in [0, 0.1) is 5.82 Å². The van der Waals surface area contributed by atoms with Crippen LogP contribution in [0.15, 0.2) is 34.0 Å². The van der Waals surface area contributed by atoms with Gasteiger partial charge < -0.3 is 5.11 Å². The Bertz CT molecular complexity index is 710. The minimum Gasteiger partial charge on any atom is -0.478 e. The van der Waals surface area contributed by atoms with E-state index in [1.54, 1.807) is 0 Å². The van der Waals surface area contributed by atoms with E-state index >= 15 is 0 Å². The number of hydrogen-bond donors (Lipinski definition) is 1. The van der Waals surface area contributed by atoms with Crippen LogP contribution < -0.4 is 0 Å². The third kappa shape index (κ3) is 2.96. The van der Waals surface area contributed by atoms with Crippen molar-refractivity contribution in [2.75, 3.05) is 0 Å². The monoisotopic (exact) mass is 301 g/mol. The third-order valence-corrected chi connectivity index (χ3v) is 4.63. The number of hydrogen-bond acceptors (Lipinski definition) is 5. The molecule has 2 aromatic rings. The molecule has 0 saturated heterocycles. The van der Waals surface area contributed by atoms with Crippen molar-refractivity contribution >= 4 is 27.1 Å². The zero-order chi connectivity index (χ0) is 14.0. The van der Waals surface area contributed by atoms with Gasteiger partial charge in [0.1, 0.15) is 10.7 Å². The van der Waals surface area contributed by atoms with Crippen molar-refractivity contribution in [2.45, 2.75) is 10.6 Å². The number of carboxylic acid groups (broad SMARTS) is 1. The summed E-state index contributed by atoms with van der Waals surface area (Å²) in [5.41, 5.74) is 1.48. The normalized spacial score (nSPS) is 11.4. The lowest BCUT2D eigenvalue weighted by atomic mass is 10.2. The summed E-state index contributed by atoms with van der Waals surface area (Å²) >= 11 is 1.22. The Morgan fingerprint density at radius 1 is 1.42 bits per heavy atom. The third-order valence-electron chi connectivity index (χ3n) is 2.33. The van der Waals surface area contributed by atoms with E-state index in [4.69, 9.17) is 5.11 Å². The molecule has 0 aliphatic heterocycles. The predicted molar refractivity (Wildman–Crippen MR) is 66.4 cm³/mol. The molecule has 100 valence electrons. The fourth-order valence-electron chi connectivity index (χ4n) is 1.46. The number of nitrogens with zero attached hydrogens (tertiary/aromatic N) is 1. The van der Waals surface area contributed by atoms with Crippen molar-refractivity contribution < 1.29 is 22.7 Å². The molecule has 0 aliphatic carbocycles. The molecule has 0 fully saturated rings. The average molecular weight is 301 g/mol. The van der Waals surface area contributed by atoms with Gasteiger partial charge in [-0.2, -0.15) is 0 Å². The van der Waals surface area contributed by atoms with Crippen LogP contribution in [0.3, 0.4) is 0 Å². The van der Waals surface area contributed by atoms with E-state index in [1.807, 2.05) is 0 Å². The molecule has 0 spiro atoms. The second kappa shape index (κ2) is 5.06. The SMILES string of the molecule is O=C(O)c1ccc(F)c(S(=O)(=O)Cc2cscn2)c1. The molecule has 19 heavy (non-hydrogen) atoms. The van der Waals surface area contributed by atoms with Gasteiger partial charge in [0.25, 0.3) is 0 Å². The van der Waals surface area contributed by atoms with Crippen LogP contribution in [0.25, 0.3) is 0 Å². The number of sulfone groups is 1. The first kappa shape index (κ1) is 13.6. The summed E-state index contributed by atoms with van der Waals surface area (Å²) in [5, 5.41) is 10.3. The number of rotatable bonds is 4. The Kier molecular flexibility index (Phi) is 3.63. The molecule has 1 aromatic heterocycles. The summed E-state index contributed by atoms with van der Waals surface area (Å²) in [6.45, 7) is 0. The molecule has 0 amide bonds. The second-order valence-corrected chi connectivity index (χ2v) is 6.37. The van der Waals surface area contributed by atoms with Crippen molar-refractivity contribution in [3.8, 4) is 0 Å². The molecular weight excluding hydrogens is 293 g/mol. The van der Waals surface area contributed by atoms with Crippen molar-refractivity contribution in [2.24, 2.45) is 0 Å². The molecule has 2 rings (SSSR count). The standard InChI is InChI=1S/C11H8FNO4S2/c12-9-2-1-7(11(14)15)3-10(9)19(16,17)5-8-4-18-6-13-8/h1-4,6H,5H2,(H,14,15). The minimum absolute atomic E-state index is 0.279. The number of aromatic carboxylic acids is 1. The van der Waals surface area contributed by atoms with Crippen LogP contribution in [0.2, 0.25) is 0 Å². The van der Waals surface area contributed by atoms with Gasteiger partial charge in [0, 0.05) is 5.38 Å². The van der Waals surface area contributed by atoms with Gasteiger partial charge in [-0.1, -0.05) is 0 Å². The van der Waals surface area contributed by atoms with Crippen LogP contribution in [0.5, 0.6) is 0 Å². The van der Waals surface area contributed by atoms with Gasteiger partial charge in [0.15, 0.2) is 9.84 Å². The molecule has 8 heteroatoms. The zero-order valence-electron chi connectivity index (χ0n) is 9.41. The number of carboxylic acids is 1. The predicted octanol–water partition coefficient (Wildman–Crippen LogP) is 1.95. The van der Waals surface area contributed by atoms with Gasteiger partial charge >= 0.3 is 5.97 Å². The van der Waals surface area contributed by atoms with E-state index in [0.717, 1.165) is 18.2 Å². The maximum Gasteiger partial charge on any atom is 0.335 e. The van der Waals surface area contributed by atoms with Crippen molar-refractivity contribution in [1.29, 1.82) is 0 Å². The van der Waals surface area contributed by atoms with Crippen LogP contribution >= 0.6 is 11.3 Å². The zero-order valence-corrected chi connectivity index (χ0v) is 11.0. The Balaban J connectivity index is 2.45. The highest BCUT2D eigenvalue weighted by atomic mass is 32.2. The van der Waals surface area contributed by atoms with E-state index in [1.165, 1.54) is 22.2 Å². The first-order chi connectivity index (χ1) is 8.90. The summed E-state index contributed by atoms with van der Waals surface area (Å²) < 4.78 is 37.6. The molecule has 1 aromatic carbocycles. The van der Waals surface area contributed by atoms with Crippen LogP contribution in [-0.4, -0.2) is 24.5 Å². The van der Waals surface area contributed by atoms with Gasteiger partial charge in [0.2, 0.25) is 0 Å². The smallest absolute Gasteiger partial charge is 0.335 e. The van der Waals surface area contributed by atoms with E-state index in [2.05, 4.69) is 4.98 Å². The highest BCUT2D eigenvalue weighted by Crippen LogP contribution is 2.21. The van der Waals surface area contributed by atoms with Gasteiger partial charge in [-0.15, -0.1) is 11.3 Å². The van der Waals surface area contributed by atoms with Gasteiger partial charge in [0.05, 0.1) is 22.5 Å². The number of carbonyl (C=O) groups is 1. The first-order valence-electron chi connectivity index (χ1n) is 5.03. The topological polar surface area (TPSA) is 84.3 Å². The van der Waals surface area contributed by atoms with Gasteiger partial charge in [-0.25, -0.2) is 22.6 Å². The number of halogens is 1. The molecule has 0 radical (unpaired) electrons. The maximum atomic E-state index is 13.6. The van der Waals surface area contributed by atoms with Crippen molar-refractivity contribution in [1.82, 2.24) is 4.98 Å². The van der Waals surface area contributed by atoms with Gasteiger partial charge in [-0.05, 0) is 18.2 Å². The molecule has 1 heterocycles. The number of benzene rings is 1. The molecule has 5 nitrogen and oxygen atoms in total. The molecule has 0 aliphatic rings. The van der Waals surface area contributed by atoms with Crippen molar-refractivity contribution in [3.05, 3.63) is 46.2 Å². The largest absolute Gasteiger partial charge is 0.478 e. The quantitative estimate of drug-likeness (QED) is 0.933. The average Bonchev–Trinajstić information content (AvgIpc) is 2.81. The lowest BCUT2D eigenvalue weighted by Gasteiger charge is -2.05. The number of aromatic nitrogens is 1. The Labute approximate surface area is 112 Å². The summed E-state index contributed by atoms with van der Waals surface area (Å²) in [6.07, 6.45) is 0. The Hall–Kier alpha value is -1.80. The molecule has 1 N–H and O–H groups in total. The van der Waals surface area contributed by atoms with E-state index in [9.17, 15) is 17.6 Å². The summed E-state index contributed by atoms with van der Waals surface area (Å²) in [5.74, 6) is -2.75. The highest BCUT2D eigenvalue weighted by molar-refractivity contribution is 7.90. The lowest BCUT2D eigenvalue weighted by Crippen LogP contribution is -2.09. The highest BCUT2D eigenvalue weighted by Gasteiger charge is 2.22. The minimum atomic E-state index is -3.96. The molecule has 0 saturated carbocycles. The molecule has 0 bridgehead atoms. The Morgan fingerprint density at radius 3 is 2.74 bits per heavy atom. The molecule has 0 unspecified atom stereocenters. The van der Waals surface area contributed by atoms with Gasteiger partial charge in [-0.3, -0.25) is 0 Å². The molecule has 0 atom stereocenters. The van der Waals surface area contributed by atoms with Crippen LogP contribution in [-0.2, 0) is 15.6 Å². The van der Waals surface area contributed by atoms with Crippen LogP contribution in [0.1, 0.15) is 16.1 Å². The van der Waals surface area contributed by atoms with E-state index < -0.39 is 32.3 Å². The Morgan fingerprint density at radius 2 is 2.16 bits per heavy atom. The first-order valence-corrected chi connectivity index (χ1v) is 7.62.